The average molecular weight is 499 g/mol. The molecule has 0 fully saturated rings. The second-order valence-electron chi connectivity index (χ2n) is 7.55. The maximum atomic E-state index is 13.9. The van der Waals surface area contributed by atoms with E-state index in [0.29, 0.717) is 27.8 Å². The first-order valence-corrected chi connectivity index (χ1v) is 10.5. The van der Waals surface area contributed by atoms with Crippen LogP contribution in [0.25, 0.3) is 0 Å². The number of halogens is 5. The van der Waals surface area contributed by atoms with Gasteiger partial charge in [-0.3, -0.25) is 4.79 Å². The largest absolute Gasteiger partial charge is 0.454 e. The van der Waals surface area contributed by atoms with E-state index >= 15 is 0 Å². The Morgan fingerprint density at radius 2 is 1.88 bits per heavy atom. The number of amides is 1. The molecule has 7 nitrogen and oxygen atoms in total. The van der Waals surface area contributed by atoms with Crippen molar-refractivity contribution in [2.24, 2.45) is 0 Å². The topological polar surface area (TPSA) is 77.4 Å². The smallest absolute Gasteiger partial charge is 0.410 e. The minimum atomic E-state index is -4.57. The van der Waals surface area contributed by atoms with Gasteiger partial charge in [0, 0.05) is 18.2 Å². The molecule has 1 aromatic heterocycles. The molecule has 33 heavy (non-hydrogen) atoms. The highest BCUT2D eigenvalue weighted by Crippen LogP contribution is 2.45. The van der Waals surface area contributed by atoms with E-state index in [1.54, 1.807) is 18.2 Å². The highest BCUT2D eigenvalue weighted by molar-refractivity contribution is 6.42. The van der Waals surface area contributed by atoms with Gasteiger partial charge in [0.25, 0.3) is 5.91 Å². The van der Waals surface area contributed by atoms with Crippen molar-refractivity contribution in [1.82, 2.24) is 9.78 Å². The summed E-state index contributed by atoms with van der Waals surface area (Å²) < 4.78 is 53.1. The van der Waals surface area contributed by atoms with E-state index in [-0.39, 0.29) is 29.7 Å². The molecule has 2 atom stereocenters. The zero-order valence-corrected chi connectivity index (χ0v) is 18.1. The lowest BCUT2D eigenvalue weighted by molar-refractivity contribution is -0.173. The molecular weight excluding hydrogens is 484 g/mol. The van der Waals surface area contributed by atoms with Crippen molar-refractivity contribution in [2.45, 2.75) is 24.7 Å². The molecule has 2 N–H and O–H groups in total. The van der Waals surface area contributed by atoms with Gasteiger partial charge in [0.2, 0.25) is 6.79 Å². The van der Waals surface area contributed by atoms with Gasteiger partial charge in [-0.05, 0) is 35.9 Å². The monoisotopic (exact) mass is 498 g/mol. The molecule has 0 radical (unpaired) electrons. The van der Waals surface area contributed by atoms with Gasteiger partial charge >= 0.3 is 6.18 Å². The summed E-state index contributed by atoms with van der Waals surface area (Å²) >= 11 is 11.8. The number of nitrogens with one attached hydrogen (secondary N) is 2. The lowest BCUT2D eigenvalue weighted by atomic mass is 9.96. The lowest BCUT2D eigenvalue weighted by Gasteiger charge is -2.33. The van der Waals surface area contributed by atoms with Crippen LogP contribution in [0.15, 0.2) is 42.5 Å². The summed E-state index contributed by atoms with van der Waals surface area (Å²) in [4.78, 5) is 12.7. The van der Waals surface area contributed by atoms with Crippen LogP contribution in [0, 0.1) is 0 Å². The van der Waals surface area contributed by atoms with Crippen LogP contribution in [0.2, 0.25) is 10.0 Å². The molecule has 2 aliphatic rings. The summed E-state index contributed by atoms with van der Waals surface area (Å²) in [5.74, 6) is 0.398. The van der Waals surface area contributed by atoms with Gasteiger partial charge in [-0.25, -0.2) is 4.68 Å². The van der Waals surface area contributed by atoms with Gasteiger partial charge < -0.3 is 20.1 Å². The highest BCUT2D eigenvalue weighted by atomic mass is 35.5. The Kier molecular flexibility index (Phi) is 5.29. The predicted molar refractivity (Wildman–Crippen MR) is 115 cm³/mol. The van der Waals surface area contributed by atoms with E-state index in [4.69, 9.17) is 32.7 Å². The second kappa shape index (κ2) is 8.03. The van der Waals surface area contributed by atoms with Crippen molar-refractivity contribution < 1.29 is 27.4 Å². The quantitative estimate of drug-likeness (QED) is 0.474. The fourth-order valence-corrected chi connectivity index (χ4v) is 4.10. The molecule has 0 bridgehead atoms. The SMILES string of the molecule is O=C(Nc1ccc(Cl)c(Cl)c1)c1cc2n(n1)[C@H](C(F)(F)F)C[C@@H](c1ccc3c(c1)OCO3)N2. The summed E-state index contributed by atoms with van der Waals surface area (Å²) in [7, 11) is 0. The fraction of sp³-hybridized carbons (Fsp3) is 0.238. The number of carbonyl (C=O) groups is 1. The van der Waals surface area contributed by atoms with E-state index in [1.807, 2.05) is 0 Å². The van der Waals surface area contributed by atoms with E-state index in [0.717, 1.165) is 4.68 Å². The molecule has 172 valence electrons. The molecule has 12 heteroatoms. The number of benzene rings is 2. The summed E-state index contributed by atoms with van der Waals surface area (Å²) in [6, 6.07) is 8.12. The molecule has 0 spiro atoms. The summed E-state index contributed by atoms with van der Waals surface area (Å²) in [6.45, 7) is 0.0616. The average Bonchev–Trinajstić information content (AvgIpc) is 3.41. The maximum absolute atomic E-state index is 13.9. The Morgan fingerprint density at radius 1 is 1.09 bits per heavy atom. The number of nitrogens with zero attached hydrogens (tertiary/aromatic N) is 2. The number of rotatable bonds is 3. The van der Waals surface area contributed by atoms with Gasteiger partial charge in [0.1, 0.15) is 5.82 Å². The number of aromatic nitrogens is 2. The van der Waals surface area contributed by atoms with Crippen LogP contribution < -0.4 is 20.1 Å². The molecule has 0 saturated heterocycles. The predicted octanol–water partition coefficient (Wildman–Crippen LogP) is 5.83. The van der Waals surface area contributed by atoms with E-state index < -0.39 is 24.2 Å². The van der Waals surface area contributed by atoms with Crippen LogP contribution in [0.1, 0.15) is 34.6 Å². The number of hydrogen-bond acceptors (Lipinski definition) is 5. The number of anilines is 2. The standard InChI is InChI=1S/C21H15Cl2F3N4O3/c22-12-3-2-11(6-13(12)23)27-20(31)15-8-19-28-14(7-18(21(24,25)26)30(19)29-15)10-1-4-16-17(5-10)33-9-32-16/h1-6,8,14,18,28H,7,9H2,(H,27,31)/t14-,18-/m0/s1. The maximum Gasteiger partial charge on any atom is 0.410 e. The molecule has 0 unspecified atom stereocenters. The third-order valence-electron chi connectivity index (χ3n) is 5.40. The third kappa shape index (κ3) is 4.16. The van der Waals surface area contributed by atoms with Gasteiger partial charge in [-0.15, -0.1) is 0 Å². The zero-order chi connectivity index (χ0) is 23.3. The Bertz CT molecular complexity index is 1250. The van der Waals surface area contributed by atoms with Crippen molar-refractivity contribution in [3.63, 3.8) is 0 Å². The molecule has 0 saturated carbocycles. The van der Waals surface area contributed by atoms with Crippen LogP contribution in [0.4, 0.5) is 24.7 Å². The summed E-state index contributed by atoms with van der Waals surface area (Å²) in [5.41, 5.74) is 0.755. The first kappa shape index (κ1) is 21.7. The van der Waals surface area contributed by atoms with Gasteiger partial charge in [-0.2, -0.15) is 18.3 Å². The van der Waals surface area contributed by atoms with Gasteiger partial charge in [0.05, 0.1) is 16.1 Å². The van der Waals surface area contributed by atoms with Crippen LogP contribution in [-0.2, 0) is 0 Å². The molecule has 5 rings (SSSR count). The number of alkyl halides is 3. The van der Waals surface area contributed by atoms with Crippen LogP contribution in [0.5, 0.6) is 11.5 Å². The molecule has 2 aliphatic heterocycles. The van der Waals surface area contributed by atoms with E-state index in [9.17, 15) is 18.0 Å². The Morgan fingerprint density at radius 3 is 2.64 bits per heavy atom. The first-order valence-electron chi connectivity index (χ1n) is 9.78. The van der Waals surface area contributed by atoms with E-state index in [1.165, 1.54) is 24.3 Å². The van der Waals surface area contributed by atoms with Crippen LogP contribution in [-0.4, -0.2) is 28.7 Å². The first-order chi connectivity index (χ1) is 15.7. The zero-order valence-electron chi connectivity index (χ0n) is 16.6. The minimum Gasteiger partial charge on any atom is -0.454 e. The fourth-order valence-electron chi connectivity index (χ4n) is 3.80. The molecule has 0 aliphatic carbocycles. The van der Waals surface area contributed by atoms with Crippen molar-refractivity contribution in [2.75, 3.05) is 17.4 Å². The number of ether oxygens (including phenoxy) is 2. The Hall–Kier alpha value is -3.11. The summed E-state index contributed by atoms with van der Waals surface area (Å²) in [5, 5.41) is 10.1. The summed E-state index contributed by atoms with van der Waals surface area (Å²) in [6.07, 6.45) is -4.89. The Labute approximate surface area is 195 Å². The van der Waals surface area contributed by atoms with Gasteiger partial charge in [-0.1, -0.05) is 29.3 Å². The molecular formula is C21H15Cl2F3N4O3. The number of carbonyl (C=O) groups excluding carboxylic acids is 1. The molecule has 3 aromatic rings. The number of fused-ring (bicyclic) bond motifs is 2. The second-order valence-corrected chi connectivity index (χ2v) is 8.36. The van der Waals surface area contributed by atoms with Crippen molar-refractivity contribution in [3.8, 4) is 11.5 Å². The molecule has 1 amide bonds. The van der Waals surface area contributed by atoms with Crippen LogP contribution >= 0.6 is 23.2 Å². The molecule has 3 heterocycles. The minimum absolute atomic E-state index is 0.0616. The van der Waals surface area contributed by atoms with Crippen LogP contribution in [0.3, 0.4) is 0 Å². The van der Waals surface area contributed by atoms with Gasteiger partial charge in [0.15, 0.2) is 23.2 Å². The Balaban J connectivity index is 1.44. The molecule has 2 aromatic carbocycles. The van der Waals surface area contributed by atoms with Crippen molar-refractivity contribution in [1.29, 1.82) is 0 Å². The van der Waals surface area contributed by atoms with Crippen molar-refractivity contribution in [3.05, 3.63) is 63.8 Å². The number of hydrogen-bond donors (Lipinski definition) is 2. The normalized spacial score (nSPS) is 19.1. The lowest BCUT2D eigenvalue weighted by Crippen LogP contribution is -2.35. The third-order valence-corrected chi connectivity index (χ3v) is 6.14. The highest BCUT2D eigenvalue weighted by Gasteiger charge is 2.47. The van der Waals surface area contributed by atoms with Crippen molar-refractivity contribution >= 4 is 40.6 Å². The van der Waals surface area contributed by atoms with E-state index in [2.05, 4.69) is 15.7 Å².